The first-order valence-corrected chi connectivity index (χ1v) is 7.57. The molecule has 0 spiro atoms. The third kappa shape index (κ3) is 2.07. The van der Waals surface area contributed by atoms with E-state index in [4.69, 9.17) is 0 Å². The largest absolute Gasteiger partial charge is 0.371 e. The highest BCUT2D eigenvalue weighted by Gasteiger charge is 2.10. The fourth-order valence-corrected chi connectivity index (χ4v) is 3.41. The first kappa shape index (κ1) is 11.9. The third-order valence-electron chi connectivity index (χ3n) is 3.74. The van der Waals surface area contributed by atoms with Gasteiger partial charge in [0.05, 0.1) is 5.52 Å². The highest BCUT2D eigenvalue weighted by molar-refractivity contribution is 7.11. The number of hydrogen-bond acceptors (Lipinski definition) is 4. The second-order valence-electron chi connectivity index (χ2n) is 5.09. The average Bonchev–Trinajstić information content (AvgIpc) is 3.11. The van der Waals surface area contributed by atoms with Crippen LogP contribution < -0.4 is 10.6 Å². The normalized spacial score (nSPS) is 13.6. The molecule has 20 heavy (non-hydrogen) atoms. The Morgan fingerprint density at radius 3 is 3.00 bits per heavy atom. The Labute approximate surface area is 121 Å². The van der Waals surface area contributed by atoms with Crippen molar-refractivity contribution in [2.75, 3.05) is 5.32 Å². The first-order valence-electron chi connectivity index (χ1n) is 6.80. The number of nitrogens with one attached hydrogen (secondary N) is 2. The summed E-state index contributed by atoms with van der Waals surface area (Å²) in [7, 11) is 0. The topological polar surface area (TPSA) is 37.0 Å². The quantitative estimate of drug-likeness (QED) is 0.771. The van der Waals surface area contributed by atoms with Gasteiger partial charge in [0.1, 0.15) is 5.00 Å². The highest BCUT2D eigenvalue weighted by Crippen LogP contribution is 2.28. The third-order valence-corrected chi connectivity index (χ3v) is 4.57. The minimum Gasteiger partial charge on any atom is -0.371 e. The van der Waals surface area contributed by atoms with Gasteiger partial charge in [-0.2, -0.15) is 4.37 Å². The Bertz CT molecular complexity index is 763. The lowest BCUT2D eigenvalue weighted by Crippen LogP contribution is -2.00. The van der Waals surface area contributed by atoms with Crippen LogP contribution in [0.1, 0.15) is 16.7 Å². The molecule has 0 radical (unpaired) electrons. The summed E-state index contributed by atoms with van der Waals surface area (Å²) < 4.78 is 4.46. The van der Waals surface area contributed by atoms with Crippen molar-refractivity contribution in [1.82, 2.24) is 9.69 Å². The molecule has 1 aromatic heterocycles. The monoisotopic (exact) mass is 281 g/mol. The average molecular weight is 281 g/mol. The van der Waals surface area contributed by atoms with Gasteiger partial charge in [0.15, 0.2) is 0 Å². The molecule has 2 heterocycles. The minimum absolute atomic E-state index is 0.847. The lowest BCUT2D eigenvalue weighted by molar-refractivity contribution is 0.764. The Kier molecular flexibility index (Phi) is 2.90. The summed E-state index contributed by atoms with van der Waals surface area (Å²) in [5.41, 5.74) is 5.25. The zero-order valence-corrected chi connectivity index (χ0v) is 11.8. The van der Waals surface area contributed by atoms with Crippen molar-refractivity contribution < 1.29 is 0 Å². The number of anilines is 1. The van der Waals surface area contributed by atoms with Crippen LogP contribution in [0.3, 0.4) is 0 Å². The van der Waals surface area contributed by atoms with E-state index in [-0.39, 0.29) is 0 Å². The van der Waals surface area contributed by atoms with Gasteiger partial charge >= 0.3 is 0 Å². The molecular formula is C16H15N3S. The van der Waals surface area contributed by atoms with E-state index < -0.39 is 0 Å². The van der Waals surface area contributed by atoms with Crippen LogP contribution in [0.25, 0.3) is 10.9 Å². The van der Waals surface area contributed by atoms with E-state index in [0.717, 1.165) is 30.2 Å². The van der Waals surface area contributed by atoms with Crippen molar-refractivity contribution in [1.29, 1.82) is 0 Å². The molecule has 3 aromatic rings. The molecule has 3 nitrogen and oxygen atoms in total. The summed E-state index contributed by atoms with van der Waals surface area (Å²) in [6.07, 6.45) is 0. The standard InChI is InChI=1S/C16H15N3S/c1-2-4-15-14(3-1)16(20-19-15)18-8-11-5-6-12-9-17-10-13(12)7-11/h1-7,17-18H,8-10H2. The molecule has 0 aliphatic carbocycles. The van der Waals surface area contributed by atoms with Crippen LogP contribution in [0.2, 0.25) is 0 Å². The van der Waals surface area contributed by atoms with Crippen molar-refractivity contribution in [3.05, 3.63) is 59.2 Å². The molecule has 0 saturated heterocycles. The molecule has 1 aliphatic heterocycles. The lowest BCUT2D eigenvalue weighted by atomic mass is 10.1. The summed E-state index contributed by atoms with van der Waals surface area (Å²) in [5.74, 6) is 0. The van der Waals surface area contributed by atoms with Crippen LogP contribution >= 0.6 is 11.5 Å². The Balaban J connectivity index is 1.55. The van der Waals surface area contributed by atoms with Crippen LogP contribution in [-0.2, 0) is 19.6 Å². The lowest BCUT2D eigenvalue weighted by Gasteiger charge is -2.06. The molecule has 1 aliphatic rings. The maximum atomic E-state index is 4.46. The van der Waals surface area contributed by atoms with E-state index in [1.54, 1.807) is 0 Å². The zero-order valence-electron chi connectivity index (χ0n) is 11.0. The fraction of sp³-hybridized carbons (Fsp3) is 0.188. The van der Waals surface area contributed by atoms with Crippen molar-refractivity contribution in [2.45, 2.75) is 19.6 Å². The van der Waals surface area contributed by atoms with Crippen LogP contribution in [0, 0.1) is 0 Å². The van der Waals surface area contributed by atoms with Gasteiger partial charge in [-0.1, -0.05) is 30.3 Å². The summed E-state index contributed by atoms with van der Waals surface area (Å²) >= 11 is 1.53. The second-order valence-corrected chi connectivity index (χ2v) is 5.86. The smallest absolute Gasteiger partial charge is 0.117 e. The number of aromatic nitrogens is 1. The molecule has 2 N–H and O–H groups in total. The van der Waals surface area contributed by atoms with E-state index in [0.29, 0.717) is 0 Å². The molecule has 2 aromatic carbocycles. The van der Waals surface area contributed by atoms with Crippen LogP contribution in [0.5, 0.6) is 0 Å². The van der Waals surface area contributed by atoms with E-state index in [9.17, 15) is 0 Å². The van der Waals surface area contributed by atoms with E-state index in [1.165, 1.54) is 33.6 Å². The molecule has 0 atom stereocenters. The molecule has 0 amide bonds. The Morgan fingerprint density at radius 2 is 2.00 bits per heavy atom. The maximum absolute atomic E-state index is 4.46. The summed E-state index contributed by atoms with van der Waals surface area (Å²) in [6.45, 7) is 2.84. The zero-order chi connectivity index (χ0) is 13.4. The molecule has 0 unspecified atom stereocenters. The van der Waals surface area contributed by atoms with Gasteiger partial charge in [0.25, 0.3) is 0 Å². The Morgan fingerprint density at radius 1 is 1.10 bits per heavy atom. The fourth-order valence-electron chi connectivity index (χ4n) is 2.66. The second kappa shape index (κ2) is 4.89. The van der Waals surface area contributed by atoms with Crippen molar-refractivity contribution in [3.8, 4) is 0 Å². The van der Waals surface area contributed by atoms with Crippen LogP contribution in [-0.4, -0.2) is 4.37 Å². The summed E-state index contributed by atoms with van der Waals surface area (Å²) in [6, 6.07) is 15.0. The van der Waals surface area contributed by atoms with Gasteiger partial charge in [0.2, 0.25) is 0 Å². The van der Waals surface area contributed by atoms with E-state index in [2.05, 4.69) is 51.4 Å². The Hall–Kier alpha value is -1.91. The molecule has 100 valence electrons. The number of fused-ring (bicyclic) bond motifs is 2. The summed E-state index contributed by atoms with van der Waals surface area (Å²) in [4.78, 5) is 0. The maximum Gasteiger partial charge on any atom is 0.117 e. The highest BCUT2D eigenvalue weighted by atomic mass is 32.1. The van der Waals surface area contributed by atoms with Crippen LogP contribution in [0.4, 0.5) is 5.00 Å². The van der Waals surface area contributed by atoms with E-state index >= 15 is 0 Å². The number of benzene rings is 2. The van der Waals surface area contributed by atoms with Gasteiger partial charge in [0, 0.05) is 25.0 Å². The minimum atomic E-state index is 0.847. The van der Waals surface area contributed by atoms with Gasteiger partial charge in [-0.15, -0.1) is 0 Å². The van der Waals surface area contributed by atoms with E-state index in [1.807, 2.05) is 6.07 Å². The summed E-state index contributed by atoms with van der Waals surface area (Å²) in [5, 5.41) is 9.25. The SMILES string of the molecule is c1ccc2c(NCc3ccc4c(c3)CNC4)snc2c1. The number of nitrogens with zero attached hydrogens (tertiary/aromatic N) is 1. The molecule has 0 fully saturated rings. The molecule has 4 rings (SSSR count). The van der Waals surface area contributed by atoms with Crippen LogP contribution in [0.15, 0.2) is 42.5 Å². The molecule has 0 bridgehead atoms. The predicted molar refractivity (Wildman–Crippen MR) is 83.9 cm³/mol. The molecule has 0 saturated carbocycles. The van der Waals surface area contributed by atoms with Gasteiger partial charge in [-0.3, -0.25) is 0 Å². The first-order chi connectivity index (χ1) is 9.90. The van der Waals surface area contributed by atoms with Gasteiger partial charge < -0.3 is 10.6 Å². The molecule has 4 heteroatoms. The predicted octanol–water partition coefficient (Wildman–Crippen LogP) is 3.51. The van der Waals surface area contributed by atoms with Crippen molar-refractivity contribution in [2.24, 2.45) is 0 Å². The number of rotatable bonds is 3. The van der Waals surface area contributed by atoms with Gasteiger partial charge in [-0.25, -0.2) is 0 Å². The van der Waals surface area contributed by atoms with Crippen molar-refractivity contribution >= 4 is 27.4 Å². The number of hydrogen-bond donors (Lipinski definition) is 2. The van der Waals surface area contributed by atoms with Crippen molar-refractivity contribution in [3.63, 3.8) is 0 Å². The molecular weight excluding hydrogens is 266 g/mol. The van der Waals surface area contributed by atoms with Gasteiger partial charge in [-0.05, 0) is 40.4 Å².